The van der Waals surface area contributed by atoms with Crippen LogP contribution in [0.2, 0.25) is 5.02 Å². The summed E-state index contributed by atoms with van der Waals surface area (Å²) in [4.78, 5) is 13.0. The van der Waals surface area contributed by atoms with Crippen molar-refractivity contribution in [2.24, 2.45) is 0 Å². The van der Waals surface area contributed by atoms with Crippen LogP contribution in [0.25, 0.3) is 0 Å². The molecule has 1 saturated heterocycles. The van der Waals surface area contributed by atoms with Gasteiger partial charge in [-0.05, 0) is 67.0 Å². The molecule has 2 aromatic carbocycles. The quantitative estimate of drug-likeness (QED) is 0.441. The number of piperidine rings is 1. The van der Waals surface area contributed by atoms with Gasteiger partial charge in [-0.25, -0.2) is 13.6 Å². The monoisotopic (exact) mass is 503 g/mol. The zero-order chi connectivity index (χ0) is 24.7. The van der Waals surface area contributed by atoms with Gasteiger partial charge in [0.15, 0.2) is 0 Å². The van der Waals surface area contributed by atoms with Crippen LogP contribution in [-0.4, -0.2) is 41.3 Å². The number of benzene rings is 2. The summed E-state index contributed by atoms with van der Waals surface area (Å²) in [6.45, 7) is 0.0638. The zero-order valence-electron chi connectivity index (χ0n) is 18.1. The lowest BCUT2D eigenvalue weighted by molar-refractivity contribution is -0.138. The van der Waals surface area contributed by atoms with Crippen LogP contribution in [0, 0.1) is 5.82 Å². The van der Waals surface area contributed by atoms with Crippen LogP contribution < -0.4 is 4.74 Å². The Morgan fingerprint density at radius 2 is 1.85 bits per heavy atom. The predicted octanol–water partition coefficient (Wildman–Crippen LogP) is 6.46. The van der Waals surface area contributed by atoms with Gasteiger partial charge in [-0.15, -0.1) is 0 Å². The summed E-state index contributed by atoms with van der Waals surface area (Å²) in [5.74, 6) is -2.13. The molecule has 0 bridgehead atoms. The van der Waals surface area contributed by atoms with Crippen LogP contribution in [0.15, 0.2) is 30.3 Å². The lowest BCUT2D eigenvalue weighted by Crippen LogP contribution is -2.44. The van der Waals surface area contributed by atoms with Crippen LogP contribution in [0.1, 0.15) is 58.6 Å². The molecule has 2 fully saturated rings. The van der Waals surface area contributed by atoms with Crippen LogP contribution in [0.4, 0.5) is 22.0 Å². The minimum absolute atomic E-state index is 0.0139. The lowest BCUT2D eigenvalue weighted by Gasteiger charge is -2.36. The second-order valence-electron chi connectivity index (χ2n) is 8.96. The second-order valence-corrected chi connectivity index (χ2v) is 9.40. The highest BCUT2D eigenvalue weighted by Gasteiger charge is 2.38. The smallest absolute Gasteiger partial charge is 0.416 e. The summed E-state index contributed by atoms with van der Waals surface area (Å²) < 4.78 is 75.2. The number of ether oxygens (including phenoxy) is 1. The van der Waals surface area contributed by atoms with E-state index in [0.29, 0.717) is 5.56 Å². The van der Waals surface area contributed by atoms with Gasteiger partial charge >= 0.3 is 12.1 Å². The van der Waals surface area contributed by atoms with Gasteiger partial charge in [0.05, 0.1) is 11.1 Å². The van der Waals surface area contributed by atoms with Crippen molar-refractivity contribution < 1.29 is 36.6 Å². The number of nitrogens with zero attached hydrogens (tertiary/aromatic N) is 1. The lowest BCUT2D eigenvalue weighted by atomic mass is 9.93. The van der Waals surface area contributed by atoms with Gasteiger partial charge in [0.25, 0.3) is 0 Å². The minimum atomic E-state index is -4.52. The Kier molecular flexibility index (Phi) is 6.79. The van der Waals surface area contributed by atoms with Gasteiger partial charge in [0, 0.05) is 30.7 Å². The van der Waals surface area contributed by atoms with Crippen LogP contribution in [0.3, 0.4) is 0 Å². The molecule has 1 aliphatic carbocycles. The molecule has 0 radical (unpaired) electrons. The third-order valence-corrected chi connectivity index (χ3v) is 6.59. The van der Waals surface area contributed by atoms with E-state index in [1.54, 1.807) is 4.90 Å². The third-order valence-electron chi connectivity index (χ3n) is 6.35. The fourth-order valence-corrected chi connectivity index (χ4v) is 4.44. The maximum Gasteiger partial charge on any atom is 0.416 e. The number of carbonyl (C=O) groups is 1. The number of hydrogen-bond acceptors (Lipinski definition) is 3. The van der Waals surface area contributed by atoms with Crippen molar-refractivity contribution in [3.8, 4) is 5.75 Å². The fourth-order valence-electron chi connectivity index (χ4n) is 4.25. The zero-order valence-corrected chi connectivity index (χ0v) is 18.9. The average molecular weight is 504 g/mol. The molecule has 4 nitrogen and oxygen atoms in total. The summed E-state index contributed by atoms with van der Waals surface area (Å²) in [5, 5.41) is 9.35. The molecule has 0 atom stereocenters. The summed E-state index contributed by atoms with van der Waals surface area (Å²) in [6.07, 6.45) is -2.81. The Labute approximate surface area is 198 Å². The van der Waals surface area contributed by atoms with Gasteiger partial charge in [0.2, 0.25) is 0 Å². The number of rotatable bonds is 7. The van der Waals surface area contributed by atoms with E-state index in [1.165, 1.54) is 18.2 Å². The molecule has 0 aromatic heterocycles. The number of halogens is 6. The number of alkyl halides is 4. The van der Waals surface area contributed by atoms with E-state index in [2.05, 4.69) is 0 Å². The SMILES string of the molecule is O=C(O)c1cc(C2CC2)c(OCC2(F)CCN(Cc3cc(Cl)ccc3C(F)(F)F)CC2)cc1F. The number of hydrogen-bond donors (Lipinski definition) is 1. The van der Waals surface area contributed by atoms with E-state index in [0.717, 1.165) is 25.0 Å². The summed E-state index contributed by atoms with van der Waals surface area (Å²) in [6, 6.07) is 5.66. The normalized spacial score (nSPS) is 18.6. The maximum absolute atomic E-state index is 15.4. The predicted molar refractivity (Wildman–Crippen MR) is 116 cm³/mol. The van der Waals surface area contributed by atoms with Gasteiger partial charge in [-0.1, -0.05) is 11.6 Å². The van der Waals surface area contributed by atoms with Gasteiger partial charge in [0.1, 0.15) is 23.8 Å². The highest BCUT2D eigenvalue weighted by Crippen LogP contribution is 2.45. The van der Waals surface area contributed by atoms with Crippen LogP contribution >= 0.6 is 11.6 Å². The van der Waals surface area contributed by atoms with Crippen molar-refractivity contribution in [3.63, 3.8) is 0 Å². The first-order valence-electron chi connectivity index (χ1n) is 10.9. The fraction of sp³-hybridized carbons (Fsp3) is 0.458. The van der Waals surface area contributed by atoms with Gasteiger partial charge < -0.3 is 9.84 Å². The molecule has 1 N–H and O–H groups in total. The molecule has 1 heterocycles. The number of aromatic carboxylic acids is 1. The van der Waals surface area contributed by atoms with Crippen molar-refractivity contribution in [1.29, 1.82) is 0 Å². The van der Waals surface area contributed by atoms with E-state index >= 15 is 4.39 Å². The molecular weight excluding hydrogens is 481 g/mol. The molecule has 1 saturated carbocycles. The standard InChI is InChI=1S/C24H23ClF5NO3/c25-16-3-4-19(24(28,29)30)15(9-16)12-31-7-5-23(27,6-8-31)13-34-21-11-20(26)18(22(32)33)10-17(21)14-1-2-14/h3-4,9-11,14H,1-2,5-8,12-13H2,(H,32,33). The number of carboxylic acid groups (broad SMARTS) is 1. The molecule has 10 heteroatoms. The number of carboxylic acids is 1. The highest BCUT2D eigenvalue weighted by molar-refractivity contribution is 6.30. The van der Waals surface area contributed by atoms with Gasteiger partial charge in [-0.2, -0.15) is 13.2 Å². The molecule has 0 amide bonds. The van der Waals surface area contributed by atoms with E-state index in [9.17, 15) is 22.4 Å². The minimum Gasteiger partial charge on any atom is -0.490 e. The Morgan fingerprint density at radius 3 is 2.44 bits per heavy atom. The first-order chi connectivity index (χ1) is 15.9. The van der Waals surface area contributed by atoms with E-state index in [-0.39, 0.29) is 61.3 Å². The maximum atomic E-state index is 15.4. The summed E-state index contributed by atoms with van der Waals surface area (Å²) in [7, 11) is 0. The summed E-state index contributed by atoms with van der Waals surface area (Å²) >= 11 is 5.89. The van der Waals surface area contributed by atoms with Crippen LogP contribution in [0.5, 0.6) is 5.75 Å². The highest BCUT2D eigenvalue weighted by atomic mass is 35.5. The Balaban J connectivity index is 1.40. The van der Waals surface area contributed by atoms with E-state index in [4.69, 9.17) is 21.4 Å². The van der Waals surface area contributed by atoms with E-state index in [1.807, 2.05) is 0 Å². The molecule has 34 heavy (non-hydrogen) atoms. The van der Waals surface area contributed by atoms with Gasteiger partial charge in [-0.3, -0.25) is 4.90 Å². The van der Waals surface area contributed by atoms with Crippen molar-refractivity contribution >= 4 is 17.6 Å². The first kappa shape index (κ1) is 24.7. The molecule has 0 spiro atoms. The molecule has 4 rings (SSSR count). The molecule has 0 unspecified atom stereocenters. The van der Waals surface area contributed by atoms with Crippen molar-refractivity contribution in [1.82, 2.24) is 4.90 Å². The Hall–Kier alpha value is -2.39. The largest absolute Gasteiger partial charge is 0.490 e. The summed E-state index contributed by atoms with van der Waals surface area (Å²) in [5.41, 5.74) is -2.36. The molecule has 2 aromatic rings. The Bertz CT molecular complexity index is 1080. The van der Waals surface area contributed by atoms with Crippen molar-refractivity contribution in [2.75, 3.05) is 19.7 Å². The number of likely N-dealkylation sites (tertiary alicyclic amines) is 1. The first-order valence-corrected chi connectivity index (χ1v) is 11.3. The van der Waals surface area contributed by atoms with Crippen molar-refractivity contribution in [3.05, 3.63) is 63.4 Å². The second kappa shape index (κ2) is 9.34. The van der Waals surface area contributed by atoms with Crippen molar-refractivity contribution in [2.45, 2.75) is 50.0 Å². The molecular formula is C24H23ClF5NO3. The van der Waals surface area contributed by atoms with E-state index < -0.39 is 34.8 Å². The molecule has 2 aliphatic rings. The third kappa shape index (κ3) is 5.63. The molecule has 1 aliphatic heterocycles. The molecule has 184 valence electrons. The van der Waals surface area contributed by atoms with Crippen LogP contribution in [-0.2, 0) is 12.7 Å². The topological polar surface area (TPSA) is 49.8 Å². The average Bonchev–Trinajstić information content (AvgIpc) is 3.58. The Morgan fingerprint density at radius 1 is 1.18 bits per heavy atom.